The van der Waals surface area contributed by atoms with Crippen LogP contribution in [0.3, 0.4) is 0 Å². The van der Waals surface area contributed by atoms with E-state index in [4.69, 9.17) is 23.2 Å². The second kappa shape index (κ2) is 3.62. The van der Waals surface area contributed by atoms with E-state index in [1.54, 1.807) is 17.6 Å². The zero-order chi connectivity index (χ0) is 9.26. The van der Waals surface area contributed by atoms with Gasteiger partial charge < -0.3 is 0 Å². The zero-order valence-corrected chi connectivity index (χ0v) is 8.62. The maximum Gasteiger partial charge on any atom is 0.144 e. The summed E-state index contributed by atoms with van der Waals surface area (Å²) in [5, 5.41) is 3.54. The number of halogens is 2. The molecule has 0 atom stereocenters. The summed E-state index contributed by atoms with van der Waals surface area (Å²) in [5.74, 6) is 0. The maximum absolute atomic E-state index is 5.93. The van der Waals surface area contributed by atoms with E-state index in [0.717, 1.165) is 5.01 Å². The summed E-state index contributed by atoms with van der Waals surface area (Å²) in [5.41, 5.74) is 0.650. The molecule has 5 heteroatoms. The number of pyridine rings is 1. The van der Waals surface area contributed by atoms with Gasteiger partial charge in [0.15, 0.2) is 0 Å². The van der Waals surface area contributed by atoms with Crippen LogP contribution >= 0.6 is 34.5 Å². The summed E-state index contributed by atoms with van der Waals surface area (Å²) in [6.07, 6.45) is 4.25. The van der Waals surface area contributed by atoms with Gasteiger partial charge in [0.25, 0.3) is 0 Å². The first-order valence-corrected chi connectivity index (χ1v) is 5.04. The van der Waals surface area contributed by atoms with Crippen LogP contribution in [0.25, 0.3) is 10.7 Å². The monoisotopic (exact) mass is 229 g/mol. The third-order valence-corrected chi connectivity index (χ3v) is 2.63. The molecular formula is C8H3Cl2N2S. The molecule has 1 radical (unpaired) electrons. The van der Waals surface area contributed by atoms with E-state index in [-0.39, 0.29) is 0 Å². The van der Waals surface area contributed by atoms with Crippen molar-refractivity contribution in [1.29, 1.82) is 0 Å². The molecule has 2 aromatic heterocycles. The summed E-state index contributed by atoms with van der Waals surface area (Å²) >= 11 is 13.1. The number of hydrogen-bond donors (Lipinski definition) is 0. The van der Waals surface area contributed by atoms with Gasteiger partial charge in [-0.2, -0.15) is 0 Å². The van der Waals surface area contributed by atoms with Crippen molar-refractivity contribution in [3.63, 3.8) is 0 Å². The first kappa shape index (κ1) is 8.94. The quantitative estimate of drug-likeness (QED) is 0.750. The first-order chi connectivity index (χ1) is 6.27. The van der Waals surface area contributed by atoms with Crippen molar-refractivity contribution in [2.75, 3.05) is 0 Å². The minimum atomic E-state index is 0.510. The van der Waals surface area contributed by atoms with Crippen molar-refractivity contribution in [3.05, 3.63) is 33.9 Å². The number of nitrogens with zero attached hydrogens (tertiary/aromatic N) is 2. The van der Waals surface area contributed by atoms with Crippen molar-refractivity contribution in [3.8, 4) is 10.7 Å². The minimum absolute atomic E-state index is 0.510. The molecule has 0 aliphatic carbocycles. The van der Waals surface area contributed by atoms with Crippen LogP contribution in [0.5, 0.6) is 0 Å². The molecule has 2 heterocycles. The van der Waals surface area contributed by atoms with Gasteiger partial charge in [0.2, 0.25) is 0 Å². The van der Waals surface area contributed by atoms with Crippen molar-refractivity contribution < 1.29 is 0 Å². The maximum atomic E-state index is 5.93. The van der Waals surface area contributed by atoms with E-state index >= 15 is 0 Å². The Morgan fingerprint density at radius 1 is 1.38 bits per heavy atom. The third-order valence-electron chi connectivity index (χ3n) is 1.40. The molecule has 0 aromatic carbocycles. The van der Waals surface area contributed by atoms with Crippen molar-refractivity contribution in [2.24, 2.45) is 0 Å². The molecule has 0 aliphatic heterocycles. The molecule has 2 nitrogen and oxygen atoms in total. The van der Waals surface area contributed by atoms with Crippen LogP contribution in [-0.2, 0) is 0 Å². The molecule has 0 aliphatic rings. The standard InChI is InChI=1S/C8H3Cl2N2S/c9-5-3-6(10)7(12-4-5)8-11-1-2-13-8/h2-4H. The molecule has 0 amide bonds. The summed E-state index contributed by atoms with van der Waals surface area (Å²) in [6.45, 7) is 0. The van der Waals surface area contributed by atoms with Crippen LogP contribution in [0.15, 0.2) is 17.6 Å². The lowest BCUT2D eigenvalue weighted by Crippen LogP contribution is -1.83. The third kappa shape index (κ3) is 1.82. The van der Waals surface area contributed by atoms with Gasteiger partial charge >= 0.3 is 0 Å². The van der Waals surface area contributed by atoms with Crippen molar-refractivity contribution in [2.45, 2.75) is 0 Å². The van der Waals surface area contributed by atoms with Crippen LogP contribution in [0.1, 0.15) is 0 Å². The zero-order valence-electron chi connectivity index (χ0n) is 6.29. The van der Waals surface area contributed by atoms with E-state index in [1.807, 2.05) is 0 Å². The van der Waals surface area contributed by atoms with E-state index in [9.17, 15) is 0 Å². The van der Waals surface area contributed by atoms with Crippen LogP contribution in [0, 0.1) is 6.20 Å². The van der Waals surface area contributed by atoms with E-state index in [2.05, 4.69) is 16.2 Å². The Hall–Kier alpha value is -0.640. The smallest absolute Gasteiger partial charge is 0.144 e. The van der Waals surface area contributed by atoms with Crippen LogP contribution in [0.4, 0.5) is 0 Å². The highest BCUT2D eigenvalue weighted by Gasteiger charge is 2.07. The molecular weight excluding hydrogens is 227 g/mol. The fraction of sp³-hybridized carbons (Fsp3) is 0. The van der Waals surface area contributed by atoms with Gasteiger partial charge in [-0.3, -0.25) is 4.98 Å². The lowest BCUT2D eigenvalue weighted by atomic mass is 10.3. The highest BCUT2D eigenvalue weighted by atomic mass is 35.5. The molecule has 0 N–H and O–H groups in total. The lowest BCUT2D eigenvalue weighted by Gasteiger charge is -1.98. The van der Waals surface area contributed by atoms with Gasteiger partial charge in [0, 0.05) is 11.6 Å². The fourth-order valence-electron chi connectivity index (χ4n) is 0.874. The van der Waals surface area contributed by atoms with Gasteiger partial charge in [0.1, 0.15) is 16.9 Å². The van der Waals surface area contributed by atoms with Gasteiger partial charge in [-0.05, 0) is 6.07 Å². The van der Waals surface area contributed by atoms with E-state index < -0.39 is 0 Å². The van der Waals surface area contributed by atoms with E-state index in [1.165, 1.54) is 11.3 Å². The van der Waals surface area contributed by atoms with Gasteiger partial charge in [-0.1, -0.05) is 23.2 Å². The number of hydrogen-bond acceptors (Lipinski definition) is 3. The average molecular weight is 230 g/mol. The number of rotatable bonds is 1. The Bertz CT molecular complexity index is 414. The normalized spacial score (nSPS) is 10.3. The highest BCUT2D eigenvalue weighted by molar-refractivity contribution is 7.13. The SMILES string of the molecule is Clc1cnc(-c2n[c]cs2)c(Cl)c1. The largest absolute Gasteiger partial charge is 0.251 e. The molecule has 2 aromatic rings. The summed E-state index contributed by atoms with van der Waals surface area (Å²) < 4.78 is 0. The van der Waals surface area contributed by atoms with E-state index in [0.29, 0.717) is 15.7 Å². The predicted octanol–water partition coefficient (Wildman–Crippen LogP) is 3.31. The molecule has 0 unspecified atom stereocenters. The van der Waals surface area contributed by atoms with Crippen molar-refractivity contribution in [1.82, 2.24) is 9.97 Å². The molecule has 0 spiro atoms. The first-order valence-electron chi connectivity index (χ1n) is 3.40. The minimum Gasteiger partial charge on any atom is -0.251 e. The highest BCUT2D eigenvalue weighted by Crippen LogP contribution is 2.28. The topological polar surface area (TPSA) is 25.8 Å². The number of aromatic nitrogens is 2. The van der Waals surface area contributed by atoms with Gasteiger partial charge in [-0.15, -0.1) is 11.3 Å². The molecule has 0 saturated carbocycles. The van der Waals surface area contributed by atoms with Crippen LogP contribution in [0.2, 0.25) is 10.0 Å². The summed E-state index contributed by atoms with van der Waals surface area (Å²) in [7, 11) is 0. The Morgan fingerprint density at radius 2 is 2.23 bits per heavy atom. The summed E-state index contributed by atoms with van der Waals surface area (Å²) in [4.78, 5) is 8.06. The molecule has 0 saturated heterocycles. The molecule has 2 rings (SSSR count). The summed E-state index contributed by atoms with van der Waals surface area (Å²) in [6, 6.07) is 1.65. The Balaban J connectivity index is 2.53. The second-order valence-corrected chi connectivity index (χ2v) is 3.97. The Morgan fingerprint density at radius 3 is 2.85 bits per heavy atom. The van der Waals surface area contributed by atoms with Crippen LogP contribution < -0.4 is 0 Å². The fourth-order valence-corrected chi connectivity index (χ4v) is 2.00. The molecule has 0 fully saturated rings. The molecule has 13 heavy (non-hydrogen) atoms. The Kier molecular flexibility index (Phi) is 2.49. The average Bonchev–Trinajstić information content (AvgIpc) is 2.56. The second-order valence-electron chi connectivity index (χ2n) is 2.27. The lowest BCUT2D eigenvalue weighted by molar-refractivity contribution is 1.29. The van der Waals surface area contributed by atoms with Gasteiger partial charge in [0.05, 0.1) is 10.0 Å². The molecule has 0 bridgehead atoms. The van der Waals surface area contributed by atoms with Crippen LogP contribution in [-0.4, -0.2) is 9.97 Å². The predicted molar refractivity (Wildman–Crippen MR) is 54.2 cm³/mol. The molecule has 65 valence electrons. The number of thiazole rings is 1. The van der Waals surface area contributed by atoms with Gasteiger partial charge in [-0.25, -0.2) is 4.98 Å². The van der Waals surface area contributed by atoms with Crippen molar-refractivity contribution >= 4 is 34.5 Å². The Labute approximate surface area is 89.2 Å².